The first-order valence-corrected chi connectivity index (χ1v) is 9.02. The van der Waals surface area contributed by atoms with Crippen molar-refractivity contribution in [3.8, 4) is 11.8 Å². The summed E-state index contributed by atoms with van der Waals surface area (Å²) < 4.78 is 41.2. The van der Waals surface area contributed by atoms with E-state index < -0.39 is 12.8 Å². The third kappa shape index (κ3) is 6.92. The molecule has 0 aliphatic rings. The van der Waals surface area contributed by atoms with Gasteiger partial charge in [-0.2, -0.15) is 18.4 Å². The topological polar surface area (TPSA) is 91.2 Å². The van der Waals surface area contributed by atoms with Crippen LogP contribution in [0.3, 0.4) is 0 Å². The Hall–Kier alpha value is -3.06. The van der Waals surface area contributed by atoms with Crippen LogP contribution in [0.15, 0.2) is 35.7 Å². The number of hydrogen-bond acceptors (Lipinski definition) is 5. The highest BCUT2D eigenvalue weighted by Crippen LogP contribution is 2.25. The van der Waals surface area contributed by atoms with Crippen LogP contribution < -0.4 is 15.4 Å². The second kappa shape index (κ2) is 9.75. The molecule has 1 aromatic heterocycles. The van der Waals surface area contributed by atoms with E-state index in [0.29, 0.717) is 17.8 Å². The molecule has 0 saturated heterocycles. The summed E-state index contributed by atoms with van der Waals surface area (Å²) in [5, 5.41) is 16.1. The monoisotopic (exact) mass is 411 g/mol. The molecule has 0 spiro atoms. The van der Waals surface area contributed by atoms with E-state index >= 15 is 0 Å². The Morgan fingerprint density at radius 3 is 2.68 bits per heavy atom. The number of ether oxygens (including phenoxy) is 1. The minimum atomic E-state index is -4.52. The molecule has 1 heterocycles. The van der Waals surface area contributed by atoms with Crippen molar-refractivity contribution < 1.29 is 27.5 Å². The van der Waals surface area contributed by atoms with Crippen LogP contribution in [0, 0.1) is 11.3 Å². The molecule has 6 nitrogen and oxygen atoms in total. The van der Waals surface area contributed by atoms with Crippen molar-refractivity contribution in [1.82, 2.24) is 5.32 Å². The summed E-state index contributed by atoms with van der Waals surface area (Å²) in [6.07, 6.45) is -3.99. The maximum absolute atomic E-state index is 12.2. The van der Waals surface area contributed by atoms with Gasteiger partial charge in [0, 0.05) is 18.7 Å². The summed E-state index contributed by atoms with van der Waals surface area (Å²) in [7, 11) is 0. The average molecular weight is 411 g/mol. The van der Waals surface area contributed by atoms with Gasteiger partial charge in [-0.3, -0.25) is 9.59 Å². The van der Waals surface area contributed by atoms with E-state index in [1.165, 1.54) is 29.5 Å². The number of nitrogens with one attached hydrogen (secondary N) is 2. The molecular weight excluding hydrogens is 395 g/mol. The average Bonchev–Trinajstić information content (AvgIpc) is 3.18. The van der Waals surface area contributed by atoms with Gasteiger partial charge >= 0.3 is 6.18 Å². The van der Waals surface area contributed by atoms with Crippen molar-refractivity contribution in [2.24, 2.45) is 0 Å². The number of halogens is 3. The molecule has 2 amide bonds. The second-order valence-corrected chi connectivity index (χ2v) is 6.56. The van der Waals surface area contributed by atoms with Gasteiger partial charge in [0.2, 0.25) is 5.91 Å². The third-order valence-corrected chi connectivity index (χ3v) is 4.25. The zero-order chi connectivity index (χ0) is 20.6. The molecule has 2 N–H and O–H groups in total. The Balaban J connectivity index is 1.79. The lowest BCUT2D eigenvalue weighted by molar-refractivity contribution is -0.153. The number of carbonyl (C=O) groups excluding carboxylic acids is 2. The minimum Gasteiger partial charge on any atom is -0.483 e. The van der Waals surface area contributed by atoms with Gasteiger partial charge in [-0.1, -0.05) is 6.07 Å². The van der Waals surface area contributed by atoms with Crippen molar-refractivity contribution in [3.63, 3.8) is 0 Å². The van der Waals surface area contributed by atoms with Crippen LogP contribution in [0.4, 0.5) is 18.9 Å². The molecule has 0 aliphatic carbocycles. The summed E-state index contributed by atoms with van der Waals surface area (Å²) in [4.78, 5) is 24.3. The van der Waals surface area contributed by atoms with Crippen molar-refractivity contribution in [2.75, 3.05) is 18.5 Å². The van der Waals surface area contributed by atoms with Crippen LogP contribution in [0.25, 0.3) is 0 Å². The van der Waals surface area contributed by atoms with Gasteiger partial charge in [0.25, 0.3) is 5.91 Å². The molecule has 148 valence electrons. The number of carbonyl (C=O) groups is 2. The van der Waals surface area contributed by atoms with Gasteiger partial charge < -0.3 is 15.4 Å². The maximum Gasteiger partial charge on any atom is 0.422 e. The van der Waals surface area contributed by atoms with Gasteiger partial charge in [0.05, 0.1) is 10.4 Å². The molecule has 1 aromatic carbocycles. The summed E-state index contributed by atoms with van der Waals surface area (Å²) in [5.41, 5.74) is 0.147. The normalized spacial score (nSPS) is 10.8. The first-order chi connectivity index (χ1) is 13.3. The first-order valence-electron chi connectivity index (χ1n) is 8.14. The molecule has 0 aliphatic heterocycles. The summed E-state index contributed by atoms with van der Waals surface area (Å²) in [6, 6.07) is 8.98. The van der Waals surface area contributed by atoms with Crippen LogP contribution in [0.5, 0.6) is 5.75 Å². The fraction of sp³-hybridized carbons (Fsp3) is 0.278. The molecule has 10 heteroatoms. The lowest BCUT2D eigenvalue weighted by Gasteiger charge is -2.12. The predicted molar refractivity (Wildman–Crippen MR) is 97.2 cm³/mol. The number of nitriles is 1. The molecule has 0 atom stereocenters. The van der Waals surface area contributed by atoms with Crippen LogP contribution >= 0.6 is 11.3 Å². The van der Waals surface area contributed by atoms with Crippen molar-refractivity contribution in [2.45, 2.75) is 19.0 Å². The zero-order valence-corrected chi connectivity index (χ0v) is 15.3. The van der Waals surface area contributed by atoms with E-state index in [1.54, 1.807) is 23.6 Å². The Labute approximate surface area is 162 Å². The van der Waals surface area contributed by atoms with Gasteiger partial charge in [-0.15, -0.1) is 11.3 Å². The van der Waals surface area contributed by atoms with Crippen molar-refractivity contribution in [1.29, 1.82) is 5.26 Å². The lowest BCUT2D eigenvalue weighted by Crippen LogP contribution is -2.24. The highest BCUT2D eigenvalue weighted by molar-refractivity contribution is 7.12. The number of nitrogens with zero attached hydrogens (tertiary/aromatic N) is 1. The van der Waals surface area contributed by atoms with Gasteiger partial charge in [0.1, 0.15) is 11.8 Å². The molecule has 0 bridgehead atoms. The molecule has 28 heavy (non-hydrogen) atoms. The number of anilines is 1. The van der Waals surface area contributed by atoms with E-state index in [2.05, 4.69) is 15.4 Å². The van der Waals surface area contributed by atoms with Crippen LogP contribution in [-0.4, -0.2) is 31.1 Å². The van der Waals surface area contributed by atoms with Gasteiger partial charge in [-0.25, -0.2) is 0 Å². The highest BCUT2D eigenvalue weighted by Gasteiger charge is 2.28. The number of amides is 2. The quantitative estimate of drug-likeness (QED) is 0.648. The fourth-order valence-corrected chi connectivity index (χ4v) is 2.79. The van der Waals surface area contributed by atoms with E-state index in [4.69, 9.17) is 5.26 Å². The van der Waals surface area contributed by atoms with Crippen molar-refractivity contribution in [3.05, 3.63) is 46.2 Å². The zero-order valence-electron chi connectivity index (χ0n) is 14.5. The maximum atomic E-state index is 12.2. The second-order valence-electron chi connectivity index (χ2n) is 5.61. The van der Waals surface area contributed by atoms with E-state index in [9.17, 15) is 22.8 Å². The van der Waals surface area contributed by atoms with Crippen LogP contribution in [0.2, 0.25) is 0 Å². The van der Waals surface area contributed by atoms with Gasteiger partial charge in [0.15, 0.2) is 6.61 Å². The van der Waals surface area contributed by atoms with E-state index in [-0.39, 0.29) is 35.2 Å². The molecule has 2 rings (SSSR count). The molecule has 0 fully saturated rings. The number of thiophene rings is 1. The van der Waals surface area contributed by atoms with Crippen molar-refractivity contribution >= 4 is 28.8 Å². The Morgan fingerprint density at radius 2 is 2.04 bits per heavy atom. The molecule has 0 unspecified atom stereocenters. The van der Waals surface area contributed by atoms with Gasteiger partial charge in [-0.05, 0) is 36.1 Å². The Morgan fingerprint density at radius 1 is 1.25 bits per heavy atom. The molecule has 2 aromatic rings. The summed E-state index contributed by atoms with van der Waals surface area (Å²) in [6.45, 7) is -1.19. The predicted octanol–water partition coefficient (Wildman–Crippen LogP) is 3.71. The number of alkyl halides is 3. The number of benzene rings is 1. The molecule has 0 saturated carbocycles. The number of hydrogen-bond donors (Lipinski definition) is 2. The SMILES string of the molecule is N#Cc1cc(NC(=O)CCCNC(=O)c2cccs2)ccc1OCC(F)(F)F. The van der Waals surface area contributed by atoms with E-state index in [1.807, 2.05) is 0 Å². The summed E-state index contributed by atoms with van der Waals surface area (Å²) in [5.74, 6) is -0.768. The Bertz CT molecular complexity index is 861. The fourth-order valence-electron chi connectivity index (χ4n) is 2.15. The number of rotatable bonds is 8. The first kappa shape index (κ1) is 21.2. The molecular formula is C18H16F3N3O3S. The molecule has 0 radical (unpaired) electrons. The standard InChI is InChI=1S/C18H16F3N3O3S/c19-18(20,21)11-27-14-6-5-13(9-12(14)10-22)24-16(25)4-1-7-23-17(26)15-3-2-8-28-15/h2-3,5-6,8-9H,1,4,7,11H2,(H,23,26)(H,24,25). The Kier molecular flexibility index (Phi) is 7.40. The van der Waals surface area contributed by atoms with Crippen LogP contribution in [-0.2, 0) is 4.79 Å². The largest absolute Gasteiger partial charge is 0.483 e. The minimum absolute atomic E-state index is 0.120. The third-order valence-electron chi connectivity index (χ3n) is 3.39. The highest BCUT2D eigenvalue weighted by atomic mass is 32.1. The smallest absolute Gasteiger partial charge is 0.422 e. The lowest BCUT2D eigenvalue weighted by atomic mass is 10.2. The van der Waals surface area contributed by atoms with E-state index in [0.717, 1.165) is 0 Å². The summed E-state index contributed by atoms with van der Waals surface area (Å²) >= 11 is 1.32. The van der Waals surface area contributed by atoms with Crippen LogP contribution in [0.1, 0.15) is 28.1 Å².